The number of aromatic nitrogens is 2. The van der Waals surface area contributed by atoms with Crippen LogP contribution >= 0.6 is 11.6 Å². The van der Waals surface area contributed by atoms with E-state index < -0.39 is 15.9 Å². The molecule has 0 aliphatic heterocycles. The van der Waals surface area contributed by atoms with Crippen molar-refractivity contribution in [3.05, 3.63) is 77.2 Å². The minimum Gasteiger partial charge on any atom is -0.351 e. The molecule has 10 heteroatoms. The number of hydrogen-bond donors (Lipinski definition) is 3. The molecule has 2 aromatic carbocycles. The van der Waals surface area contributed by atoms with Gasteiger partial charge >= 0.3 is 0 Å². The molecule has 1 amide bonds. The summed E-state index contributed by atoms with van der Waals surface area (Å²) in [5, 5.41) is 6.87. The molecular formula is C26H32ClN5O3S. The summed E-state index contributed by atoms with van der Waals surface area (Å²) in [6.07, 6.45) is 8.54. The van der Waals surface area contributed by atoms with Crippen LogP contribution in [-0.4, -0.2) is 43.0 Å². The number of amides is 1. The van der Waals surface area contributed by atoms with E-state index in [0.29, 0.717) is 24.2 Å². The molecule has 1 saturated carbocycles. The van der Waals surface area contributed by atoms with Crippen LogP contribution in [0.2, 0.25) is 5.02 Å². The van der Waals surface area contributed by atoms with Crippen LogP contribution < -0.4 is 15.4 Å². The molecule has 0 saturated heterocycles. The molecule has 0 radical (unpaired) electrons. The Hall–Kier alpha value is -2.88. The minimum atomic E-state index is -3.97. The fourth-order valence-corrected chi connectivity index (χ4v) is 5.55. The molecule has 1 aliphatic carbocycles. The second kappa shape index (κ2) is 12.4. The predicted octanol–water partition coefficient (Wildman–Crippen LogP) is 4.43. The van der Waals surface area contributed by atoms with Gasteiger partial charge in [-0.15, -0.1) is 0 Å². The van der Waals surface area contributed by atoms with Crippen molar-refractivity contribution in [1.82, 2.24) is 20.2 Å². The first-order valence-corrected chi connectivity index (χ1v) is 14.2. The molecule has 1 heterocycles. The van der Waals surface area contributed by atoms with Gasteiger partial charge < -0.3 is 15.2 Å². The average Bonchev–Trinajstić information content (AvgIpc) is 3.26. The summed E-state index contributed by atoms with van der Waals surface area (Å²) in [7, 11) is -3.97. The quantitative estimate of drug-likeness (QED) is 0.319. The van der Waals surface area contributed by atoms with Crippen LogP contribution in [0.5, 0.6) is 0 Å². The number of sulfonamides is 1. The van der Waals surface area contributed by atoms with Crippen molar-refractivity contribution in [2.75, 3.05) is 17.8 Å². The predicted molar refractivity (Wildman–Crippen MR) is 142 cm³/mol. The van der Waals surface area contributed by atoms with E-state index in [0.717, 1.165) is 18.5 Å². The van der Waals surface area contributed by atoms with E-state index in [4.69, 9.17) is 11.6 Å². The van der Waals surface area contributed by atoms with Crippen LogP contribution in [0.4, 0.5) is 5.82 Å². The monoisotopic (exact) mass is 529 g/mol. The highest BCUT2D eigenvalue weighted by atomic mass is 35.5. The number of imidazole rings is 1. The molecule has 3 aromatic rings. The average molecular weight is 530 g/mol. The van der Waals surface area contributed by atoms with Crippen molar-refractivity contribution >= 4 is 33.3 Å². The molecule has 4 rings (SSSR count). The number of anilines is 1. The summed E-state index contributed by atoms with van der Waals surface area (Å²) in [6.45, 7) is 1.64. The Labute approximate surface area is 217 Å². The number of nitrogens with one attached hydrogen (secondary N) is 3. The van der Waals surface area contributed by atoms with E-state index in [9.17, 15) is 13.2 Å². The summed E-state index contributed by atoms with van der Waals surface area (Å²) < 4.78 is 30.4. The fourth-order valence-electron chi connectivity index (χ4n) is 4.34. The first-order valence-electron chi connectivity index (χ1n) is 12.3. The molecular weight excluding hydrogens is 498 g/mol. The van der Waals surface area contributed by atoms with Crippen LogP contribution in [0.15, 0.2) is 65.8 Å². The fraction of sp³-hybridized carbons (Fsp3) is 0.385. The molecule has 0 spiro atoms. The van der Waals surface area contributed by atoms with Crippen LogP contribution in [0.25, 0.3) is 0 Å². The van der Waals surface area contributed by atoms with Gasteiger partial charge in [0.05, 0.1) is 17.8 Å². The van der Waals surface area contributed by atoms with Gasteiger partial charge in [-0.2, -0.15) is 0 Å². The van der Waals surface area contributed by atoms with Gasteiger partial charge in [0.1, 0.15) is 0 Å². The summed E-state index contributed by atoms with van der Waals surface area (Å²) in [4.78, 5) is 17.3. The van der Waals surface area contributed by atoms with Crippen LogP contribution in [0, 0.1) is 0 Å². The highest BCUT2D eigenvalue weighted by Gasteiger charge is 2.24. The molecule has 0 bridgehead atoms. The maximum atomic E-state index is 13.1. The van der Waals surface area contributed by atoms with Gasteiger partial charge in [0, 0.05) is 17.6 Å². The van der Waals surface area contributed by atoms with E-state index in [1.807, 2.05) is 30.3 Å². The van der Waals surface area contributed by atoms with Gasteiger partial charge in [-0.25, -0.2) is 13.4 Å². The topological polar surface area (TPSA) is 105 Å². The Kier molecular flexibility index (Phi) is 9.01. The number of carbonyl (C=O) groups excluding carboxylic acids is 1. The van der Waals surface area contributed by atoms with E-state index >= 15 is 0 Å². The summed E-state index contributed by atoms with van der Waals surface area (Å²) in [5.74, 6) is -0.306. The molecule has 0 unspecified atom stereocenters. The van der Waals surface area contributed by atoms with E-state index in [1.54, 1.807) is 4.57 Å². The van der Waals surface area contributed by atoms with Crippen molar-refractivity contribution in [3.8, 4) is 0 Å². The van der Waals surface area contributed by atoms with E-state index in [1.165, 1.54) is 62.7 Å². The second-order valence-corrected chi connectivity index (χ2v) is 11.1. The standard InChI is InChI=1S/C26H32ClN5O3S/c27-21-12-14-23(15-13-21)36(34,35)31-25-24(30-19-32(25)18-20-8-3-1-4-9-20)26(33)29-17-7-16-28-22-10-5-2-6-11-22/h1,3-4,8-9,12-15,19,22,28,31H,2,5-7,10-11,16-18H2,(H,29,33). The summed E-state index contributed by atoms with van der Waals surface area (Å²) >= 11 is 5.91. The number of benzene rings is 2. The van der Waals surface area contributed by atoms with Gasteiger partial charge in [-0.1, -0.05) is 61.2 Å². The lowest BCUT2D eigenvalue weighted by atomic mass is 9.95. The summed E-state index contributed by atoms with van der Waals surface area (Å²) in [6, 6.07) is 16.0. The zero-order valence-corrected chi connectivity index (χ0v) is 21.7. The van der Waals surface area contributed by atoms with Crippen molar-refractivity contribution < 1.29 is 13.2 Å². The number of carbonyl (C=O) groups is 1. The molecule has 0 atom stereocenters. The molecule has 1 fully saturated rings. The van der Waals surface area contributed by atoms with Crippen molar-refractivity contribution in [1.29, 1.82) is 0 Å². The smallest absolute Gasteiger partial charge is 0.273 e. The Morgan fingerprint density at radius 1 is 1.00 bits per heavy atom. The van der Waals surface area contributed by atoms with Gasteiger partial charge in [0.15, 0.2) is 11.5 Å². The highest BCUT2D eigenvalue weighted by molar-refractivity contribution is 7.92. The third-order valence-electron chi connectivity index (χ3n) is 6.28. The maximum absolute atomic E-state index is 13.1. The Bertz CT molecular complexity index is 1240. The number of hydrogen-bond acceptors (Lipinski definition) is 5. The molecule has 192 valence electrons. The lowest BCUT2D eigenvalue weighted by Crippen LogP contribution is -2.34. The Morgan fingerprint density at radius 3 is 2.44 bits per heavy atom. The highest BCUT2D eigenvalue weighted by Crippen LogP contribution is 2.22. The zero-order chi connectivity index (χ0) is 25.4. The molecule has 3 N–H and O–H groups in total. The maximum Gasteiger partial charge on any atom is 0.273 e. The van der Waals surface area contributed by atoms with Crippen LogP contribution in [0.3, 0.4) is 0 Å². The third-order valence-corrected chi connectivity index (χ3v) is 7.89. The van der Waals surface area contributed by atoms with E-state index in [2.05, 4.69) is 20.3 Å². The van der Waals surface area contributed by atoms with Crippen LogP contribution in [0.1, 0.15) is 54.6 Å². The second-order valence-electron chi connectivity index (χ2n) is 9.01. The van der Waals surface area contributed by atoms with E-state index in [-0.39, 0.29) is 16.4 Å². The number of nitrogens with zero attached hydrogens (tertiary/aromatic N) is 2. The largest absolute Gasteiger partial charge is 0.351 e. The van der Waals surface area contributed by atoms with Crippen molar-refractivity contribution in [2.24, 2.45) is 0 Å². The first-order chi connectivity index (χ1) is 17.4. The van der Waals surface area contributed by atoms with Gasteiger partial charge in [0.25, 0.3) is 15.9 Å². The van der Waals surface area contributed by atoms with Gasteiger partial charge in [-0.05, 0) is 55.6 Å². The minimum absolute atomic E-state index is 0.0312. The SMILES string of the molecule is O=C(NCCCNC1CCCCC1)c1ncn(Cc2ccccc2)c1NS(=O)(=O)c1ccc(Cl)cc1. The molecule has 1 aromatic heterocycles. The summed E-state index contributed by atoms with van der Waals surface area (Å²) in [5.41, 5.74) is 0.978. The normalized spacial score (nSPS) is 14.5. The van der Waals surface area contributed by atoms with Crippen molar-refractivity contribution in [2.45, 2.75) is 56.0 Å². The Balaban J connectivity index is 1.46. The third kappa shape index (κ3) is 7.09. The molecule has 36 heavy (non-hydrogen) atoms. The van der Waals surface area contributed by atoms with Crippen LogP contribution in [-0.2, 0) is 16.6 Å². The first kappa shape index (κ1) is 26.2. The zero-order valence-electron chi connectivity index (χ0n) is 20.1. The molecule has 8 nitrogen and oxygen atoms in total. The number of halogens is 1. The lowest BCUT2D eigenvalue weighted by molar-refractivity contribution is 0.0949. The van der Waals surface area contributed by atoms with Gasteiger partial charge in [-0.3, -0.25) is 9.52 Å². The van der Waals surface area contributed by atoms with Crippen molar-refractivity contribution in [3.63, 3.8) is 0 Å². The Morgan fingerprint density at radius 2 is 1.72 bits per heavy atom. The number of rotatable bonds is 11. The van der Waals surface area contributed by atoms with Gasteiger partial charge in [0.2, 0.25) is 0 Å². The lowest BCUT2D eigenvalue weighted by Gasteiger charge is -2.22. The molecule has 1 aliphatic rings.